The second kappa shape index (κ2) is 21.1. The number of nitrogens with one attached hydrogen (secondary N) is 2. The van der Waals surface area contributed by atoms with Crippen LogP contribution in [0.15, 0.2) is 30.3 Å². The molecule has 3 amide bonds. The predicted molar refractivity (Wildman–Crippen MR) is 179 cm³/mol. The smallest absolute Gasteiger partial charge is 0.390 e. The molecule has 5 atom stereocenters. The van der Waals surface area contributed by atoms with Crippen molar-refractivity contribution in [2.45, 2.75) is 114 Å². The van der Waals surface area contributed by atoms with E-state index in [4.69, 9.17) is 6.42 Å². The normalized spacial score (nSPS) is 17.1. The Bertz CT molecular complexity index is 1160. The summed E-state index contributed by atoms with van der Waals surface area (Å²) in [5.41, 5.74) is 0.785. The molecule has 0 heterocycles. The van der Waals surface area contributed by atoms with Crippen LogP contribution in [0.2, 0.25) is 0 Å². The van der Waals surface area contributed by atoms with E-state index in [1.165, 1.54) is 19.0 Å². The highest BCUT2D eigenvalue weighted by molar-refractivity contribution is 5.91. The molecule has 0 radical (unpaired) electrons. The van der Waals surface area contributed by atoms with Crippen molar-refractivity contribution in [1.29, 1.82) is 0 Å². The Morgan fingerprint density at radius 2 is 1.69 bits per heavy atom. The molecule has 1 aromatic rings. The minimum absolute atomic E-state index is 0.0112. The number of nitrogens with zero attached hydrogens (tertiary/aromatic N) is 2. The molecule has 0 unspecified atom stereocenters. The lowest BCUT2D eigenvalue weighted by Gasteiger charge is -2.33. The Hall–Kier alpha value is -3.14. The third kappa shape index (κ3) is 15.4. The Morgan fingerprint density at radius 3 is 2.29 bits per heavy atom. The largest absolute Gasteiger partial charge is 0.401 e. The number of likely N-dealkylation sites (N-methyl/N-ethyl adjacent to an activating group) is 2. The second-order valence-corrected chi connectivity index (χ2v) is 13.3. The molecule has 270 valence electrons. The van der Waals surface area contributed by atoms with Gasteiger partial charge in [0.2, 0.25) is 17.7 Å². The van der Waals surface area contributed by atoms with Gasteiger partial charge in [0.05, 0.1) is 30.7 Å². The first kappa shape index (κ1) is 41.0. The van der Waals surface area contributed by atoms with Gasteiger partial charge < -0.3 is 25.7 Å². The number of carbonyl (C=O) groups is 3. The third-order valence-corrected chi connectivity index (χ3v) is 9.06. The number of alkyl halides is 3. The van der Waals surface area contributed by atoms with Crippen LogP contribution in [-0.2, 0) is 20.8 Å². The molecule has 9 nitrogen and oxygen atoms in total. The highest BCUT2D eigenvalue weighted by Crippen LogP contribution is 2.29. The van der Waals surface area contributed by atoms with Crippen molar-refractivity contribution in [2.75, 3.05) is 33.7 Å². The zero-order valence-electron chi connectivity index (χ0n) is 28.7. The van der Waals surface area contributed by atoms with Gasteiger partial charge in [-0.1, -0.05) is 82.2 Å². The lowest BCUT2D eigenvalue weighted by molar-refractivity contribution is -0.144. The van der Waals surface area contributed by atoms with Crippen LogP contribution in [-0.4, -0.2) is 102 Å². The zero-order chi connectivity index (χ0) is 35.7. The van der Waals surface area contributed by atoms with Gasteiger partial charge in [-0.15, -0.1) is 12.3 Å². The van der Waals surface area contributed by atoms with Crippen molar-refractivity contribution < 1.29 is 37.8 Å². The Labute approximate surface area is 284 Å². The summed E-state index contributed by atoms with van der Waals surface area (Å²) in [6.07, 6.45) is 6.47. The molecule has 1 aliphatic rings. The van der Waals surface area contributed by atoms with E-state index in [-0.39, 0.29) is 38.3 Å². The number of aliphatic hydroxyl groups is 2. The SMILES string of the molecule is C#CC[C@H](NC(=O)[C@@H](CC(=O)N(C)CCN(C)CC(F)(F)F)Cc1ccccc1)C(=O)N[C@@H](CC1CCCCC1)[C@@H](O)[C@@H](O)CCCC. The molecular formula is C36H55F3N4O5. The minimum atomic E-state index is -4.36. The lowest BCUT2D eigenvalue weighted by Crippen LogP contribution is -2.56. The van der Waals surface area contributed by atoms with E-state index in [0.717, 1.165) is 55.4 Å². The molecule has 0 spiro atoms. The van der Waals surface area contributed by atoms with E-state index in [0.29, 0.717) is 12.8 Å². The Kier molecular flexibility index (Phi) is 18.0. The van der Waals surface area contributed by atoms with Crippen LogP contribution in [0.5, 0.6) is 0 Å². The molecule has 1 aromatic carbocycles. The van der Waals surface area contributed by atoms with Crippen LogP contribution in [0.25, 0.3) is 0 Å². The van der Waals surface area contributed by atoms with E-state index < -0.39 is 60.7 Å². The van der Waals surface area contributed by atoms with Crippen molar-refractivity contribution in [3.8, 4) is 12.3 Å². The van der Waals surface area contributed by atoms with Gasteiger partial charge in [-0.3, -0.25) is 19.3 Å². The topological polar surface area (TPSA) is 122 Å². The zero-order valence-corrected chi connectivity index (χ0v) is 28.7. The van der Waals surface area contributed by atoms with Gasteiger partial charge >= 0.3 is 6.18 Å². The van der Waals surface area contributed by atoms with Crippen LogP contribution < -0.4 is 10.6 Å². The number of hydrogen-bond acceptors (Lipinski definition) is 6. The van der Waals surface area contributed by atoms with Crippen LogP contribution in [0.1, 0.15) is 83.1 Å². The molecule has 2 rings (SSSR count). The molecule has 12 heteroatoms. The molecule has 0 aromatic heterocycles. The fourth-order valence-corrected chi connectivity index (χ4v) is 6.17. The van der Waals surface area contributed by atoms with Gasteiger partial charge in [0.1, 0.15) is 6.04 Å². The van der Waals surface area contributed by atoms with Gasteiger partial charge in [-0.05, 0) is 37.8 Å². The number of amides is 3. The summed E-state index contributed by atoms with van der Waals surface area (Å²) in [4.78, 5) is 42.9. The van der Waals surface area contributed by atoms with E-state index in [2.05, 4.69) is 16.6 Å². The average Bonchev–Trinajstić information content (AvgIpc) is 3.04. The lowest BCUT2D eigenvalue weighted by atomic mass is 9.82. The standard InChI is InChI=1S/C36H55F3N4O5/c1-5-7-19-31(44)33(46)30(23-27-17-12-9-13-18-27)41-35(48)29(14-6-2)40-34(47)28(22-26-15-10-8-11-16-26)24-32(45)43(4)21-20-42(3)25-36(37,38)39/h2,8,10-11,15-16,27-31,33,44,46H,5,7,9,12-14,17-25H2,1,3-4H3,(H,40,47)(H,41,48)/t28-,29+,30+,31+,33-/m1/s1. The summed E-state index contributed by atoms with van der Waals surface area (Å²) < 4.78 is 38.2. The molecule has 1 fully saturated rings. The number of hydrogen-bond donors (Lipinski definition) is 4. The maximum Gasteiger partial charge on any atom is 0.401 e. The van der Waals surface area contributed by atoms with E-state index >= 15 is 0 Å². The number of rotatable bonds is 20. The first-order chi connectivity index (χ1) is 22.7. The summed E-state index contributed by atoms with van der Waals surface area (Å²) in [6.45, 7) is 0.898. The van der Waals surface area contributed by atoms with Gasteiger partial charge in [-0.2, -0.15) is 13.2 Å². The van der Waals surface area contributed by atoms with Gasteiger partial charge in [-0.25, -0.2) is 0 Å². The Morgan fingerprint density at radius 1 is 1.02 bits per heavy atom. The van der Waals surface area contributed by atoms with Gasteiger partial charge in [0.15, 0.2) is 0 Å². The number of benzene rings is 1. The summed E-state index contributed by atoms with van der Waals surface area (Å²) in [5, 5.41) is 27.4. The number of halogens is 3. The van der Waals surface area contributed by atoms with E-state index in [1.54, 1.807) is 12.1 Å². The highest BCUT2D eigenvalue weighted by Gasteiger charge is 2.34. The number of aliphatic hydroxyl groups excluding tert-OH is 2. The molecular weight excluding hydrogens is 625 g/mol. The molecule has 0 aliphatic heterocycles. The van der Waals surface area contributed by atoms with Crippen molar-refractivity contribution >= 4 is 17.7 Å². The molecule has 48 heavy (non-hydrogen) atoms. The van der Waals surface area contributed by atoms with Gasteiger partial charge in [0.25, 0.3) is 0 Å². The van der Waals surface area contributed by atoms with Crippen molar-refractivity contribution in [1.82, 2.24) is 20.4 Å². The first-order valence-electron chi connectivity index (χ1n) is 17.2. The fraction of sp³-hybridized carbons (Fsp3) is 0.694. The highest BCUT2D eigenvalue weighted by atomic mass is 19.4. The predicted octanol–water partition coefficient (Wildman–Crippen LogP) is 4.06. The van der Waals surface area contributed by atoms with Crippen LogP contribution >= 0.6 is 0 Å². The Balaban J connectivity index is 2.19. The maximum absolute atomic E-state index is 13.7. The number of terminal acetylenes is 1. The third-order valence-electron chi connectivity index (χ3n) is 9.06. The summed E-state index contributed by atoms with van der Waals surface area (Å²) in [5.74, 6) is 0.228. The summed E-state index contributed by atoms with van der Waals surface area (Å²) in [7, 11) is 2.79. The average molecular weight is 681 g/mol. The number of unbranched alkanes of at least 4 members (excludes halogenated alkanes) is 1. The first-order valence-corrected chi connectivity index (χ1v) is 17.2. The molecule has 0 saturated heterocycles. The maximum atomic E-state index is 13.7. The fourth-order valence-electron chi connectivity index (χ4n) is 6.17. The minimum Gasteiger partial charge on any atom is -0.390 e. The molecule has 0 bridgehead atoms. The van der Waals surface area contributed by atoms with Crippen LogP contribution in [0.4, 0.5) is 13.2 Å². The van der Waals surface area contributed by atoms with Crippen LogP contribution in [0, 0.1) is 24.2 Å². The molecule has 1 saturated carbocycles. The van der Waals surface area contributed by atoms with E-state index in [1.807, 2.05) is 25.1 Å². The monoisotopic (exact) mass is 680 g/mol. The summed E-state index contributed by atoms with van der Waals surface area (Å²) >= 11 is 0. The van der Waals surface area contributed by atoms with Gasteiger partial charge in [0, 0.05) is 33.0 Å². The van der Waals surface area contributed by atoms with Crippen molar-refractivity contribution in [2.24, 2.45) is 11.8 Å². The number of carbonyl (C=O) groups excluding carboxylic acids is 3. The molecule has 4 N–H and O–H groups in total. The van der Waals surface area contributed by atoms with Crippen molar-refractivity contribution in [3.05, 3.63) is 35.9 Å². The molecule has 1 aliphatic carbocycles. The quantitative estimate of drug-likeness (QED) is 0.154. The second-order valence-electron chi connectivity index (χ2n) is 13.3. The summed E-state index contributed by atoms with van der Waals surface area (Å²) in [6, 6.07) is 7.15. The van der Waals surface area contributed by atoms with Crippen LogP contribution in [0.3, 0.4) is 0 Å². The van der Waals surface area contributed by atoms with Crippen molar-refractivity contribution in [3.63, 3.8) is 0 Å². The van der Waals surface area contributed by atoms with E-state index in [9.17, 15) is 37.8 Å².